The van der Waals surface area contributed by atoms with Crippen LogP contribution >= 0.6 is 27.3 Å². The number of hydrogen-bond acceptors (Lipinski definition) is 3. The average molecular weight is 440 g/mol. The lowest BCUT2D eigenvalue weighted by molar-refractivity contribution is -0.116. The first-order chi connectivity index (χ1) is 13.1. The van der Waals surface area contributed by atoms with Crippen molar-refractivity contribution in [2.45, 2.75) is 19.8 Å². The maximum absolute atomic E-state index is 12.3. The van der Waals surface area contributed by atoms with Gasteiger partial charge >= 0.3 is 0 Å². The molecule has 0 bridgehead atoms. The summed E-state index contributed by atoms with van der Waals surface area (Å²) in [5.41, 5.74) is 5.08. The smallest absolute Gasteiger partial charge is 0.224 e. The van der Waals surface area contributed by atoms with E-state index in [0.29, 0.717) is 12.8 Å². The molecular formula is C21H18BrN3OS. The molecule has 136 valence electrons. The Morgan fingerprint density at radius 2 is 2.04 bits per heavy atom. The molecule has 1 N–H and O–H groups in total. The first-order valence-electron chi connectivity index (χ1n) is 8.67. The van der Waals surface area contributed by atoms with E-state index < -0.39 is 0 Å². The predicted octanol–water partition coefficient (Wildman–Crippen LogP) is 5.71. The van der Waals surface area contributed by atoms with E-state index in [4.69, 9.17) is 4.98 Å². The number of carbonyl (C=O) groups is 1. The second-order valence-corrected chi connectivity index (χ2v) is 8.07. The van der Waals surface area contributed by atoms with Crippen molar-refractivity contribution in [3.8, 4) is 11.3 Å². The minimum absolute atomic E-state index is 0.0134. The number of nitrogens with one attached hydrogen (secondary N) is 1. The summed E-state index contributed by atoms with van der Waals surface area (Å²) in [7, 11) is 0. The number of hydrogen-bond donors (Lipinski definition) is 1. The molecule has 0 aliphatic rings. The third-order valence-electron chi connectivity index (χ3n) is 4.40. The van der Waals surface area contributed by atoms with Crippen LogP contribution in [0, 0.1) is 6.92 Å². The van der Waals surface area contributed by atoms with Crippen LogP contribution in [-0.4, -0.2) is 15.3 Å². The topological polar surface area (TPSA) is 46.4 Å². The predicted molar refractivity (Wildman–Crippen MR) is 114 cm³/mol. The van der Waals surface area contributed by atoms with Gasteiger partial charge in [-0.25, -0.2) is 4.98 Å². The van der Waals surface area contributed by atoms with Crippen LogP contribution in [0.3, 0.4) is 0 Å². The van der Waals surface area contributed by atoms with E-state index >= 15 is 0 Å². The number of aromatic nitrogens is 2. The fourth-order valence-corrected chi connectivity index (χ4v) is 4.10. The monoisotopic (exact) mass is 439 g/mol. The molecular weight excluding hydrogens is 422 g/mol. The lowest BCUT2D eigenvalue weighted by Gasteiger charge is -2.07. The van der Waals surface area contributed by atoms with Crippen molar-refractivity contribution >= 4 is 43.8 Å². The highest BCUT2D eigenvalue weighted by Gasteiger charge is 2.11. The van der Waals surface area contributed by atoms with Gasteiger partial charge in [0.25, 0.3) is 0 Å². The van der Waals surface area contributed by atoms with Crippen LogP contribution in [0.5, 0.6) is 0 Å². The molecule has 4 nitrogen and oxygen atoms in total. The number of benzene rings is 2. The standard InChI is InChI=1S/C21H18BrN3OS/c1-14-11-16(7-9-18(14)22)23-20(26)10-8-17-13-27-21-24-19(12-25(17)21)15-5-3-2-4-6-15/h2-7,9,11-13H,8,10H2,1H3,(H,23,26). The van der Waals surface area contributed by atoms with Gasteiger partial charge in [0.15, 0.2) is 4.96 Å². The van der Waals surface area contributed by atoms with Gasteiger partial charge in [0.05, 0.1) is 5.69 Å². The third-order valence-corrected chi connectivity index (χ3v) is 6.18. The van der Waals surface area contributed by atoms with E-state index in [9.17, 15) is 4.79 Å². The Balaban J connectivity index is 1.45. The van der Waals surface area contributed by atoms with Gasteiger partial charge < -0.3 is 5.32 Å². The van der Waals surface area contributed by atoms with E-state index in [1.165, 1.54) is 0 Å². The molecule has 0 aliphatic carbocycles. The molecule has 6 heteroatoms. The molecule has 2 heterocycles. The van der Waals surface area contributed by atoms with Gasteiger partial charge in [0, 0.05) is 39.4 Å². The lowest BCUT2D eigenvalue weighted by atomic mass is 10.2. The summed E-state index contributed by atoms with van der Waals surface area (Å²) in [6, 6.07) is 15.9. The number of amides is 1. The second-order valence-electron chi connectivity index (χ2n) is 6.38. The fourth-order valence-electron chi connectivity index (χ4n) is 2.94. The van der Waals surface area contributed by atoms with Crippen molar-refractivity contribution in [1.82, 2.24) is 9.38 Å². The largest absolute Gasteiger partial charge is 0.326 e. The van der Waals surface area contributed by atoms with Crippen LogP contribution in [0.1, 0.15) is 17.7 Å². The van der Waals surface area contributed by atoms with Crippen LogP contribution in [0.4, 0.5) is 5.69 Å². The Morgan fingerprint density at radius 3 is 2.81 bits per heavy atom. The van der Waals surface area contributed by atoms with Crippen molar-refractivity contribution in [3.63, 3.8) is 0 Å². The molecule has 0 aliphatic heterocycles. The number of anilines is 1. The molecule has 0 atom stereocenters. The number of rotatable bonds is 5. The normalized spacial score (nSPS) is 11.0. The van der Waals surface area contributed by atoms with Crippen molar-refractivity contribution in [2.75, 3.05) is 5.32 Å². The summed E-state index contributed by atoms with van der Waals surface area (Å²) in [6.45, 7) is 2.01. The molecule has 1 amide bonds. The Hall–Kier alpha value is -2.44. The van der Waals surface area contributed by atoms with Gasteiger partial charge in [-0.05, 0) is 37.1 Å². The molecule has 0 saturated carbocycles. The molecule has 27 heavy (non-hydrogen) atoms. The van der Waals surface area contributed by atoms with Crippen molar-refractivity contribution in [1.29, 1.82) is 0 Å². The zero-order valence-corrected chi connectivity index (χ0v) is 17.2. The maximum Gasteiger partial charge on any atom is 0.224 e. The SMILES string of the molecule is Cc1cc(NC(=O)CCc2csc3nc(-c4ccccc4)cn23)ccc1Br. The molecule has 4 rings (SSSR count). The van der Waals surface area contributed by atoms with Gasteiger partial charge in [-0.1, -0.05) is 46.3 Å². The zero-order valence-electron chi connectivity index (χ0n) is 14.8. The van der Waals surface area contributed by atoms with Gasteiger partial charge in [-0.3, -0.25) is 9.20 Å². The van der Waals surface area contributed by atoms with Crippen LogP contribution in [-0.2, 0) is 11.2 Å². The molecule has 0 fully saturated rings. The summed E-state index contributed by atoms with van der Waals surface area (Å²) >= 11 is 5.08. The summed E-state index contributed by atoms with van der Waals surface area (Å²) in [5.74, 6) is 0.0134. The van der Waals surface area contributed by atoms with Crippen molar-refractivity contribution in [3.05, 3.63) is 75.8 Å². The first-order valence-corrected chi connectivity index (χ1v) is 10.3. The molecule has 2 aromatic heterocycles. The summed E-state index contributed by atoms with van der Waals surface area (Å²) in [6.07, 6.45) is 3.15. The van der Waals surface area contributed by atoms with Gasteiger partial charge in [-0.15, -0.1) is 11.3 Å². The number of thiazole rings is 1. The molecule has 0 saturated heterocycles. The minimum Gasteiger partial charge on any atom is -0.326 e. The van der Waals surface area contributed by atoms with Gasteiger partial charge in [-0.2, -0.15) is 0 Å². The summed E-state index contributed by atoms with van der Waals surface area (Å²) < 4.78 is 3.12. The van der Waals surface area contributed by atoms with E-state index in [2.05, 4.69) is 43.2 Å². The van der Waals surface area contributed by atoms with E-state index in [1.54, 1.807) is 11.3 Å². The van der Waals surface area contributed by atoms with Crippen LogP contribution in [0.25, 0.3) is 16.2 Å². The number of carbonyl (C=O) groups excluding carboxylic acids is 1. The minimum atomic E-state index is 0.0134. The number of halogens is 1. The van der Waals surface area contributed by atoms with E-state index in [0.717, 1.165) is 37.6 Å². The summed E-state index contributed by atoms with van der Waals surface area (Å²) in [5, 5.41) is 5.05. The number of fused-ring (bicyclic) bond motifs is 1. The number of imidazole rings is 1. The Labute approximate surface area is 170 Å². The molecule has 0 spiro atoms. The highest BCUT2D eigenvalue weighted by Crippen LogP contribution is 2.24. The number of aryl methyl sites for hydroxylation is 2. The Kier molecular flexibility index (Phi) is 5.09. The maximum atomic E-state index is 12.3. The van der Waals surface area contributed by atoms with E-state index in [1.807, 2.05) is 49.5 Å². The Morgan fingerprint density at radius 1 is 1.22 bits per heavy atom. The molecule has 2 aromatic carbocycles. The van der Waals surface area contributed by atoms with Crippen LogP contribution in [0.2, 0.25) is 0 Å². The highest BCUT2D eigenvalue weighted by molar-refractivity contribution is 9.10. The van der Waals surface area contributed by atoms with Crippen LogP contribution < -0.4 is 5.32 Å². The van der Waals surface area contributed by atoms with Gasteiger partial charge in [0.1, 0.15) is 0 Å². The summed E-state index contributed by atoms with van der Waals surface area (Å²) in [4.78, 5) is 18.0. The first kappa shape index (κ1) is 17.9. The third kappa shape index (κ3) is 3.96. The molecule has 0 radical (unpaired) electrons. The number of nitrogens with zero attached hydrogens (tertiary/aromatic N) is 2. The van der Waals surface area contributed by atoms with Crippen LogP contribution in [0.15, 0.2) is 64.6 Å². The lowest BCUT2D eigenvalue weighted by Crippen LogP contribution is -2.12. The quantitative estimate of drug-likeness (QED) is 0.433. The molecule has 0 unspecified atom stereocenters. The van der Waals surface area contributed by atoms with Gasteiger partial charge in [0.2, 0.25) is 5.91 Å². The fraction of sp³-hybridized carbons (Fsp3) is 0.143. The zero-order chi connectivity index (χ0) is 18.8. The van der Waals surface area contributed by atoms with E-state index in [-0.39, 0.29) is 5.91 Å². The average Bonchev–Trinajstić information content (AvgIpc) is 3.25. The van der Waals surface area contributed by atoms with Crippen molar-refractivity contribution < 1.29 is 4.79 Å². The Bertz CT molecular complexity index is 1100. The van der Waals surface area contributed by atoms with Crippen molar-refractivity contribution in [2.24, 2.45) is 0 Å². The molecule has 4 aromatic rings. The highest BCUT2D eigenvalue weighted by atomic mass is 79.9. The second kappa shape index (κ2) is 7.66.